The molecule has 0 aliphatic carbocycles. The van der Waals surface area contributed by atoms with Crippen LogP contribution in [-0.2, 0) is 16.0 Å². The molecule has 1 unspecified atom stereocenters. The quantitative estimate of drug-likeness (QED) is 0.846. The number of benzene rings is 1. The van der Waals surface area contributed by atoms with Crippen LogP contribution in [0.25, 0.3) is 5.69 Å². The van der Waals surface area contributed by atoms with Crippen LogP contribution in [0.3, 0.4) is 0 Å². The lowest BCUT2D eigenvalue weighted by Gasteiger charge is -2.34. The predicted octanol–water partition coefficient (Wildman–Crippen LogP) is 0.623. The fraction of sp³-hybridized carbons (Fsp3) is 0.400. The molecule has 1 fully saturated rings. The number of aliphatic carboxylic acids is 1. The Hall–Kier alpha value is -2.42. The lowest BCUT2D eigenvalue weighted by atomic mass is 10.1. The zero-order valence-electron chi connectivity index (χ0n) is 12.9. The van der Waals surface area contributed by atoms with Crippen molar-refractivity contribution in [3.05, 3.63) is 36.2 Å². The van der Waals surface area contributed by atoms with Crippen molar-refractivity contribution in [1.82, 2.24) is 25.1 Å². The van der Waals surface area contributed by atoms with Gasteiger partial charge in [0.1, 0.15) is 6.33 Å². The van der Waals surface area contributed by atoms with Crippen LogP contribution < -0.4 is 0 Å². The monoisotopic (exact) mass is 347 g/mol. The van der Waals surface area contributed by atoms with Crippen LogP contribution in [0.2, 0.25) is 0 Å². The molecule has 1 aromatic heterocycles. The number of hydrogen-bond donors (Lipinski definition) is 1. The van der Waals surface area contributed by atoms with Gasteiger partial charge in [0.2, 0.25) is 5.91 Å². The second kappa shape index (κ2) is 7.43. The van der Waals surface area contributed by atoms with E-state index in [9.17, 15) is 9.59 Å². The molecule has 0 saturated carbocycles. The molecule has 1 aliphatic heterocycles. The van der Waals surface area contributed by atoms with Gasteiger partial charge in [0, 0.05) is 18.1 Å². The van der Waals surface area contributed by atoms with Gasteiger partial charge in [-0.25, -0.2) is 4.68 Å². The van der Waals surface area contributed by atoms with Crippen LogP contribution in [0.5, 0.6) is 0 Å². The third-order valence-corrected chi connectivity index (χ3v) is 4.96. The minimum Gasteiger partial charge on any atom is -0.481 e. The predicted molar refractivity (Wildman–Crippen MR) is 87.9 cm³/mol. The van der Waals surface area contributed by atoms with Gasteiger partial charge in [-0.15, -0.1) is 5.10 Å². The van der Waals surface area contributed by atoms with E-state index in [0.29, 0.717) is 12.3 Å². The summed E-state index contributed by atoms with van der Waals surface area (Å²) >= 11 is 1.69. The van der Waals surface area contributed by atoms with Crippen molar-refractivity contribution in [2.24, 2.45) is 0 Å². The Morgan fingerprint density at radius 2 is 2.08 bits per heavy atom. The normalized spacial score (nSPS) is 17.7. The summed E-state index contributed by atoms with van der Waals surface area (Å²) in [5.74, 6) is 0.624. The Morgan fingerprint density at radius 3 is 2.75 bits per heavy atom. The number of carboxylic acid groups (broad SMARTS) is 1. The lowest BCUT2D eigenvalue weighted by molar-refractivity contribution is -0.140. The molecule has 9 heteroatoms. The number of hydrogen-bond acceptors (Lipinski definition) is 6. The van der Waals surface area contributed by atoms with Gasteiger partial charge in [-0.2, -0.15) is 11.8 Å². The molecule has 1 N–H and O–H groups in total. The molecule has 1 aromatic carbocycles. The molecule has 0 radical (unpaired) electrons. The lowest BCUT2D eigenvalue weighted by Crippen LogP contribution is -2.47. The maximum Gasteiger partial charge on any atom is 0.305 e. The van der Waals surface area contributed by atoms with Gasteiger partial charge in [0.25, 0.3) is 0 Å². The minimum atomic E-state index is -0.869. The van der Waals surface area contributed by atoms with Crippen LogP contribution in [-0.4, -0.2) is 66.2 Å². The number of aromatic nitrogens is 4. The van der Waals surface area contributed by atoms with E-state index >= 15 is 0 Å². The van der Waals surface area contributed by atoms with Gasteiger partial charge < -0.3 is 10.0 Å². The van der Waals surface area contributed by atoms with Crippen molar-refractivity contribution < 1.29 is 14.7 Å². The van der Waals surface area contributed by atoms with Gasteiger partial charge in [0.15, 0.2) is 0 Å². The van der Waals surface area contributed by atoms with Crippen molar-refractivity contribution in [1.29, 1.82) is 0 Å². The van der Waals surface area contributed by atoms with E-state index in [4.69, 9.17) is 5.11 Å². The first-order valence-electron chi connectivity index (χ1n) is 7.55. The molecule has 2 heterocycles. The van der Waals surface area contributed by atoms with E-state index < -0.39 is 5.97 Å². The van der Waals surface area contributed by atoms with E-state index in [-0.39, 0.29) is 24.8 Å². The van der Waals surface area contributed by atoms with Crippen molar-refractivity contribution in [2.75, 3.05) is 18.1 Å². The zero-order valence-corrected chi connectivity index (χ0v) is 13.7. The molecule has 24 heavy (non-hydrogen) atoms. The topological polar surface area (TPSA) is 101 Å². The maximum atomic E-state index is 12.6. The average Bonchev–Trinajstić information content (AvgIpc) is 3.10. The molecule has 126 valence electrons. The molecule has 1 amide bonds. The van der Waals surface area contributed by atoms with Crippen LogP contribution in [0.1, 0.15) is 12.0 Å². The summed E-state index contributed by atoms with van der Waals surface area (Å²) in [6.07, 6.45) is 1.76. The Morgan fingerprint density at radius 1 is 1.29 bits per heavy atom. The third-order valence-electron chi connectivity index (χ3n) is 3.86. The molecule has 0 bridgehead atoms. The molecule has 8 nitrogen and oxygen atoms in total. The summed E-state index contributed by atoms with van der Waals surface area (Å²) in [5.41, 5.74) is 1.69. The highest BCUT2D eigenvalue weighted by atomic mass is 32.2. The summed E-state index contributed by atoms with van der Waals surface area (Å²) in [5, 5.41) is 20.0. The minimum absolute atomic E-state index is 0.00300. The zero-order chi connectivity index (χ0) is 16.9. The smallest absolute Gasteiger partial charge is 0.305 e. The number of carbonyl (C=O) groups is 2. The fourth-order valence-corrected chi connectivity index (χ4v) is 3.74. The van der Waals surface area contributed by atoms with Crippen molar-refractivity contribution >= 4 is 23.6 Å². The van der Waals surface area contributed by atoms with Crippen LogP contribution >= 0.6 is 11.8 Å². The molecular weight excluding hydrogens is 330 g/mol. The third kappa shape index (κ3) is 3.91. The van der Waals surface area contributed by atoms with Gasteiger partial charge in [-0.1, -0.05) is 12.1 Å². The highest BCUT2D eigenvalue weighted by molar-refractivity contribution is 7.99. The second-order valence-corrected chi connectivity index (χ2v) is 6.66. The summed E-state index contributed by atoms with van der Waals surface area (Å²) in [6.45, 7) is 0.601. The first kappa shape index (κ1) is 16.4. The van der Waals surface area contributed by atoms with Crippen molar-refractivity contribution in [3.8, 4) is 5.69 Å². The van der Waals surface area contributed by atoms with Gasteiger partial charge in [0.05, 0.1) is 24.6 Å². The fourth-order valence-electron chi connectivity index (χ4n) is 2.68. The highest BCUT2D eigenvalue weighted by Gasteiger charge is 2.28. The Balaban J connectivity index is 1.66. The molecular formula is C15H17N5O3S. The van der Waals surface area contributed by atoms with Crippen LogP contribution in [0.4, 0.5) is 0 Å². The summed E-state index contributed by atoms with van der Waals surface area (Å²) in [7, 11) is 0. The Labute approximate surface area is 142 Å². The number of thioether (sulfide) groups is 1. The number of carboxylic acids is 1. The molecule has 3 rings (SSSR count). The number of amides is 1. The van der Waals surface area contributed by atoms with Crippen molar-refractivity contribution in [3.63, 3.8) is 0 Å². The van der Waals surface area contributed by atoms with E-state index in [2.05, 4.69) is 15.5 Å². The number of tetrazole rings is 1. The second-order valence-electron chi connectivity index (χ2n) is 5.51. The summed E-state index contributed by atoms with van der Waals surface area (Å²) < 4.78 is 1.54. The van der Waals surface area contributed by atoms with Gasteiger partial charge in [-0.05, 0) is 28.1 Å². The standard InChI is InChI=1S/C15H17N5O3S/c21-14(19-5-6-24-9-13(19)8-15(22)23)7-11-1-3-12(4-2-11)20-10-16-17-18-20/h1-4,10,13H,5-9H2,(H,22,23). The largest absolute Gasteiger partial charge is 0.481 e. The number of rotatable bonds is 5. The Bertz CT molecular complexity index is 704. The SMILES string of the molecule is O=C(O)CC1CSCCN1C(=O)Cc1ccc(-n2cnnn2)cc1. The first-order chi connectivity index (χ1) is 11.6. The molecule has 0 spiro atoms. The van der Waals surface area contributed by atoms with Gasteiger partial charge in [-0.3, -0.25) is 9.59 Å². The Kier molecular flexibility index (Phi) is 5.09. The van der Waals surface area contributed by atoms with E-state index in [0.717, 1.165) is 17.0 Å². The molecule has 1 aliphatic rings. The highest BCUT2D eigenvalue weighted by Crippen LogP contribution is 2.20. The first-order valence-corrected chi connectivity index (χ1v) is 8.70. The van der Waals surface area contributed by atoms with Crippen LogP contribution in [0.15, 0.2) is 30.6 Å². The average molecular weight is 347 g/mol. The summed E-state index contributed by atoms with van der Waals surface area (Å²) in [6, 6.07) is 7.19. The molecule has 1 atom stereocenters. The maximum absolute atomic E-state index is 12.6. The van der Waals surface area contributed by atoms with E-state index in [1.165, 1.54) is 11.0 Å². The summed E-state index contributed by atoms with van der Waals surface area (Å²) in [4.78, 5) is 25.2. The van der Waals surface area contributed by atoms with E-state index in [1.807, 2.05) is 24.3 Å². The van der Waals surface area contributed by atoms with E-state index in [1.54, 1.807) is 16.7 Å². The number of carbonyl (C=O) groups excluding carboxylic acids is 1. The van der Waals surface area contributed by atoms with Gasteiger partial charge >= 0.3 is 5.97 Å². The van der Waals surface area contributed by atoms with Crippen molar-refractivity contribution in [2.45, 2.75) is 18.9 Å². The molecule has 2 aromatic rings. The number of nitrogens with zero attached hydrogens (tertiary/aromatic N) is 5. The molecule has 1 saturated heterocycles. The van der Waals surface area contributed by atoms with Crippen LogP contribution in [0, 0.1) is 0 Å².